The molecule has 0 aliphatic carbocycles. The van der Waals surface area contributed by atoms with Crippen LogP contribution in [0.3, 0.4) is 0 Å². The molecular formula is C39H38Cl2N6O3S. The first-order chi connectivity index (χ1) is 24.9. The molecule has 9 nitrogen and oxygen atoms in total. The summed E-state index contributed by atoms with van der Waals surface area (Å²) in [4.78, 5) is 12.1. The Kier molecular flexibility index (Phi) is 16.8. The van der Waals surface area contributed by atoms with E-state index in [0.29, 0.717) is 17.1 Å². The number of aromatic nitrogens is 6. The van der Waals surface area contributed by atoms with Gasteiger partial charge in [0.05, 0.1) is 5.69 Å². The molecule has 0 radical (unpaired) electrons. The van der Waals surface area contributed by atoms with Crippen molar-refractivity contribution in [2.75, 3.05) is 5.75 Å². The number of benzene rings is 3. The fourth-order valence-electron chi connectivity index (χ4n) is 4.61. The quantitative estimate of drug-likeness (QED) is 0.101. The van der Waals surface area contributed by atoms with Crippen LogP contribution in [0.15, 0.2) is 121 Å². The molecule has 3 heterocycles. The normalized spacial score (nSPS) is 10.3. The predicted octanol–water partition coefficient (Wildman–Crippen LogP) is 11.0. The first-order valence-corrected chi connectivity index (χ1v) is 18.2. The van der Waals surface area contributed by atoms with Crippen molar-refractivity contribution in [3.05, 3.63) is 132 Å². The lowest BCUT2D eigenvalue weighted by molar-refractivity contribution is 0.227. The van der Waals surface area contributed by atoms with Gasteiger partial charge in [0, 0.05) is 40.8 Å². The van der Waals surface area contributed by atoms with Crippen LogP contribution in [0.2, 0.25) is 10.3 Å². The van der Waals surface area contributed by atoms with Gasteiger partial charge in [0.15, 0.2) is 16.1 Å². The minimum Gasteiger partial charge on any atom is -0.505 e. The van der Waals surface area contributed by atoms with Gasteiger partial charge < -0.3 is 9.84 Å². The van der Waals surface area contributed by atoms with E-state index in [0.717, 1.165) is 41.0 Å². The van der Waals surface area contributed by atoms with Crippen molar-refractivity contribution >= 4 is 40.3 Å². The molecule has 0 atom stereocenters. The molecule has 0 fully saturated rings. The molecule has 0 bridgehead atoms. The van der Waals surface area contributed by atoms with Crippen LogP contribution < -0.4 is 4.74 Å². The minimum atomic E-state index is -0.338. The molecule has 12 heteroatoms. The van der Waals surface area contributed by atoms with E-state index >= 15 is 0 Å². The Morgan fingerprint density at radius 2 is 1.20 bits per heavy atom. The standard InChI is InChI=1S/C19H23ClN2O2S.C10H7ClN2O.C10H8N2/c1-2-3-4-5-6-10-13-25-19(23)24-16-14-17(20)21-22-18(16)15-11-8-7-9-12-15;11-9-6-8(14)10(13-12-9)7-4-2-1-3-5-7;1-2-5-9(6-3-1)10-7-4-8-11-12-10/h7-9,11-12,14H,2-6,10,13H2,1H3;1-6H,(H,12,14);1-8H. The zero-order valence-corrected chi connectivity index (χ0v) is 30.4. The monoisotopic (exact) mass is 740 g/mol. The maximum Gasteiger partial charge on any atom is 0.372 e. The first kappa shape index (κ1) is 38.9. The lowest BCUT2D eigenvalue weighted by atomic mass is 10.1. The van der Waals surface area contributed by atoms with Gasteiger partial charge in [0.1, 0.15) is 17.1 Å². The highest BCUT2D eigenvalue weighted by molar-refractivity contribution is 8.13. The third kappa shape index (κ3) is 13.7. The Labute approximate surface area is 312 Å². The minimum absolute atomic E-state index is 0.0381. The second-order valence-corrected chi connectivity index (χ2v) is 12.8. The van der Waals surface area contributed by atoms with Crippen molar-refractivity contribution in [2.24, 2.45) is 0 Å². The van der Waals surface area contributed by atoms with Crippen LogP contribution >= 0.6 is 35.0 Å². The number of halogens is 2. The average molecular weight is 742 g/mol. The molecule has 3 aromatic carbocycles. The smallest absolute Gasteiger partial charge is 0.372 e. The number of nitrogens with zero attached hydrogens (tertiary/aromatic N) is 6. The van der Waals surface area contributed by atoms with Crippen LogP contribution in [-0.4, -0.2) is 46.8 Å². The van der Waals surface area contributed by atoms with E-state index in [2.05, 4.69) is 37.5 Å². The molecule has 262 valence electrons. The maximum absolute atomic E-state index is 12.1. The number of hydrogen-bond acceptors (Lipinski definition) is 10. The first-order valence-electron chi connectivity index (χ1n) is 16.5. The molecule has 51 heavy (non-hydrogen) atoms. The highest BCUT2D eigenvalue weighted by Gasteiger charge is 2.14. The van der Waals surface area contributed by atoms with Crippen LogP contribution in [0, 0.1) is 0 Å². The number of carbonyl (C=O) groups excluding carboxylic acids is 1. The molecule has 0 saturated carbocycles. The number of carbonyl (C=O) groups is 1. The molecule has 6 aromatic rings. The van der Waals surface area contributed by atoms with E-state index in [4.69, 9.17) is 27.9 Å². The Hall–Kier alpha value is -4.90. The number of ether oxygens (including phenoxy) is 1. The molecule has 0 saturated heterocycles. The lowest BCUT2D eigenvalue weighted by Gasteiger charge is -2.09. The molecule has 6 rings (SSSR count). The number of hydrogen-bond donors (Lipinski definition) is 1. The van der Waals surface area contributed by atoms with Gasteiger partial charge in [0.2, 0.25) is 0 Å². The summed E-state index contributed by atoms with van der Waals surface area (Å²) in [6.07, 6.45) is 8.87. The molecule has 0 aliphatic rings. The van der Waals surface area contributed by atoms with E-state index in [1.54, 1.807) is 6.20 Å². The highest BCUT2D eigenvalue weighted by Crippen LogP contribution is 2.30. The van der Waals surface area contributed by atoms with Crippen molar-refractivity contribution in [1.29, 1.82) is 0 Å². The van der Waals surface area contributed by atoms with E-state index in [1.165, 1.54) is 49.6 Å². The summed E-state index contributed by atoms with van der Waals surface area (Å²) in [5.74, 6) is 1.14. The third-order valence-electron chi connectivity index (χ3n) is 7.12. The summed E-state index contributed by atoms with van der Waals surface area (Å²) >= 11 is 12.7. The van der Waals surface area contributed by atoms with Crippen LogP contribution in [0.1, 0.15) is 45.4 Å². The van der Waals surface area contributed by atoms with Gasteiger partial charge in [-0.1, -0.05) is 153 Å². The van der Waals surface area contributed by atoms with Crippen molar-refractivity contribution in [3.63, 3.8) is 0 Å². The van der Waals surface area contributed by atoms with Crippen molar-refractivity contribution < 1.29 is 14.6 Å². The molecule has 0 spiro atoms. The van der Waals surface area contributed by atoms with E-state index in [9.17, 15) is 9.90 Å². The molecular weight excluding hydrogens is 703 g/mol. The van der Waals surface area contributed by atoms with Gasteiger partial charge in [-0.2, -0.15) is 10.2 Å². The van der Waals surface area contributed by atoms with Crippen LogP contribution in [0.25, 0.3) is 33.8 Å². The average Bonchev–Trinajstić information content (AvgIpc) is 3.16. The Morgan fingerprint density at radius 3 is 1.78 bits per heavy atom. The van der Waals surface area contributed by atoms with Crippen molar-refractivity contribution in [1.82, 2.24) is 30.6 Å². The van der Waals surface area contributed by atoms with E-state index < -0.39 is 0 Å². The lowest BCUT2D eigenvalue weighted by Crippen LogP contribution is -2.04. The Morgan fingerprint density at radius 1 is 0.647 bits per heavy atom. The molecule has 0 aliphatic heterocycles. The predicted molar refractivity (Wildman–Crippen MR) is 206 cm³/mol. The highest BCUT2D eigenvalue weighted by atomic mass is 35.5. The fraction of sp³-hybridized carbons (Fsp3) is 0.205. The fourth-order valence-corrected chi connectivity index (χ4v) is 5.55. The largest absolute Gasteiger partial charge is 0.505 e. The van der Waals surface area contributed by atoms with Crippen LogP contribution in [0.4, 0.5) is 4.79 Å². The number of aromatic hydroxyl groups is 1. The molecule has 3 aromatic heterocycles. The summed E-state index contributed by atoms with van der Waals surface area (Å²) in [5.41, 5.74) is 4.61. The zero-order valence-electron chi connectivity index (χ0n) is 28.1. The number of thioether (sulfide) groups is 1. The Balaban J connectivity index is 0.000000188. The van der Waals surface area contributed by atoms with Crippen molar-refractivity contribution in [3.8, 4) is 45.3 Å². The zero-order chi connectivity index (χ0) is 36.1. The van der Waals surface area contributed by atoms with Crippen LogP contribution in [0.5, 0.6) is 11.5 Å². The summed E-state index contributed by atoms with van der Waals surface area (Å²) in [6, 6.07) is 35.5. The van der Waals surface area contributed by atoms with Gasteiger partial charge in [-0.15, -0.1) is 20.4 Å². The van der Waals surface area contributed by atoms with Gasteiger partial charge in [-0.05, 0) is 30.3 Å². The van der Waals surface area contributed by atoms with Gasteiger partial charge in [-0.25, -0.2) is 4.79 Å². The molecule has 0 amide bonds. The number of unbranched alkanes of at least 4 members (excludes halogenated alkanes) is 5. The second kappa shape index (κ2) is 22.0. The third-order valence-corrected chi connectivity index (χ3v) is 8.30. The van der Waals surface area contributed by atoms with Crippen molar-refractivity contribution in [2.45, 2.75) is 45.4 Å². The SMILES string of the molecule is CCCCCCCCSC(=O)Oc1cc(Cl)nnc1-c1ccccc1.Oc1cc(Cl)nnc1-c1ccccc1.c1ccc(-c2cccnn2)cc1. The summed E-state index contributed by atoms with van der Waals surface area (Å²) in [7, 11) is 0. The topological polar surface area (TPSA) is 124 Å². The molecule has 1 N–H and O–H groups in total. The van der Waals surface area contributed by atoms with Crippen LogP contribution in [-0.2, 0) is 0 Å². The van der Waals surface area contributed by atoms with Gasteiger partial charge >= 0.3 is 5.30 Å². The second-order valence-electron chi connectivity index (χ2n) is 11.0. The van der Waals surface area contributed by atoms with E-state index in [1.807, 2.05) is 103 Å². The van der Waals surface area contributed by atoms with Gasteiger partial charge in [0.25, 0.3) is 0 Å². The summed E-state index contributed by atoms with van der Waals surface area (Å²) < 4.78 is 5.46. The summed E-state index contributed by atoms with van der Waals surface area (Å²) in [5, 5.41) is 32.8. The van der Waals surface area contributed by atoms with E-state index in [-0.39, 0.29) is 21.4 Å². The van der Waals surface area contributed by atoms with Gasteiger partial charge in [-0.3, -0.25) is 0 Å². The number of rotatable bonds is 11. The summed E-state index contributed by atoms with van der Waals surface area (Å²) in [6.45, 7) is 2.20. The molecule has 0 unspecified atom stereocenters. The Bertz CT molecular complexity index is 1860. The maximum atomic E-state index is 12.1.